The van der Waals surface area contributed by atoms with Crippen LogP contribution in [0.5, 0.6) is 0 Å². The highest BCUT2D eigenvalue weighted by Crippen LogP contribution is 2.07. The summed E-state index contributed by atoms with van der Waals surface area (Å²) in [5.41, 5.74) is 1.17. The van der Waals surface area contributed by atoms with E-state index in [-0.39, 0.29) is 0 Å². The third kappa shape index (κ3) is 1.33. The molecule has 50 valence electrons. The van der Waals surface area contributed by atoms with Gasteiger partial charge in [-0.25, -0.2) is 0 Å². The van der Waals surface area contributed by atoms with Crippen molar-refractivity contribution in [3.8, 4) is 0 Å². The number of hydrogen-bond donors (Lipinski definition) is 1. The lowest BCUT2D eigenvalue weighted by Crippen LogP contribution is -2.26. The average Bonchev–Trinajstić information content (AvgIpc) is 1.80. The first-order valence-corrected chi connectivity index (χ1v) is 2.97. The lowest BCUT2D eigenvalue weighted by molar-refractivity contribution is 0.0964. The summed E-state index contributed by atoms with van der Waals surface area (Å²) in [6.45, 7) is 2.00. The van der Waals surface area contributed by atoms with Crippen molar-refractivity contribution in [1.82, 2.24) is 4.90 Å². The Bertz CT molecular complexity index is 160. The predicted molar refractivity (Wildman–Crippen MR) is 36.7 cm³/mol. The Morgan fingerprint density at radius 1 is 1.67 bits per heavy atom. The normalized spacial score (nSPS) is 26.3. The highest BCUT2D eigenvalue weighted by atomic mass is 16.3. The summed E-state index contributed by atoms with van der Waals surface area (Å²) >= 11 is 0. The molecule has 1 heterocycles. The van der Waals surface area contributed by atoms with Crippen molar-refractivity contribution >= 4 is 0 Å². The molecule has 0 aliphatic carbocycles. The Labute approximate surface area is 55.1 Å². The second kappa shape index (κ2) is 2.23. The summed E-state index contributed by atoms with van der Waals surface area (Å²) in [6.07, 6.45) is 5.14. The van der Waals surface area contributed by atoms with Crippen LogP contribution >= 0.6 is 0 Å². The minimum absolute atomic E-state index is 0.436. The molecule has 0 radical (unpaired) electrons. The summed E-state index contributed by atoms with van der Waals surface area (Å²) in [5, 5.41) is 9.09. The van der Waals surface area contributed by atoms with Crippen molar-refractivity contribution < 1.29 is 5.11 Å². The molecular weight excluding hydrogens is 114 g/mol. The summed E-state index contributed by atoms with van der Waals surface area (Å²) < 4.78 is 0. The van der Waals surface area contributed by atoms with E-state index in [0.29, 0.717) is 0 Å². The van der Waals surface area contributed by atoms with Crippen LogP contribution in [0.3, 0.4) is 0 Å². The van der Waals surface area contributed by atoms with Gasteiger partial charge in [0.15, 0.2) is 0 Å². The van der Waals surface area contributed by atoms with E-state index in [1.165, 1.54) is 5.57 Å². The van der Waals surface area contributed by atoms with Crippen LogP contribution in [0.4, 0.5) is 0 Å². The molecule has 1 unspecified atom stereocenters. The molecule has 0 saturated heterocycles. The van der Waals surface area contributed by atoms with E-state index in [9.17, 15) is 0 Å². The van der Waals surface area contributed by atoms with Gasteiger partial charge in [-0.15, -0.1) is 0 Å². The molecule has 0 aromatic rings. The summed E-state index contributed by atoms with van der Waals surface area (Å²) in [7, 11) is 1.84. The Balaban J connectivity index is 2.70. The van der Waals surface area contributed by atoms with Gasteiger partial charge in [-0.05, 0) is 18.6 Å². The van der Waals surface area contributed by atoms with Crippen LogP contribution in [0.1, 0.15) is 6.92 Å². The Kier molecular flexibility index (Phi) is 1.58. The summed E-state index contributed by atoms with van der Waals surface area (Å²) in [5.74, 6) is 0. The fourth-order valence-electron chi connectivity index (χ4n) is 0.814. The average molecular weight is 125 g/mol. The minimum atomic E-state index is -0.436. The van der Waals surface area contributed by atoms with Gasteiger partial charge in [-0.2, -0.15) is 0 Å². The lowest BCUT2D eigenvalue weighted by Gasteiger charge is -2.22. The van der Waals surface area contributed by atoms with Crippen LogP contribution in [-0.4, -0.2) is 23.3 Å². The molecule has 0 amide bonds. The molecular formula is C7H11NO. The molecule has 0 fully saturated rings. The molecule has 2 nitrogen and oxygen atoms in total. The molecule has 0 saturated carbocycles. The Morgan fingerprint density at radius 3 is 2.78 bits per heavy atom. The molecule has 1 aliphatic heterocycles. The van der Waals surface area contributed by atoms with Crippen LogP contribution in [-0.2, 0) is 0 Å². The van der Waals surface area contributed by atoms with Gasteiger partial charge < -0.3 is 10.0 Å². The standard InChI is InChI=1S/C7H11NO/c1-6-3-4-7(9)8(2)5-6/h3-5,7,9H,1-2H3. The smallest absolute Gasteiger partial charge is 0.145 e. The third-order valence-electron chi connectivity index (χ3n) is 1.36. The van der Waals surface area contributed by atoms with Crippen LogP contribution in [0.15, 0.2) is 23.9 Å². The molecule has 2 heteroatoms. The fourth-order valence-corrected chi connectivity index (χ4v) is 0.814. The minimum Gasteiger partial charge on any atom is -0.370 e. The first-order chi connectivity index (χ1) is 4.20. The predicted octanol–water partition coefficient (Wildman–Crippen LogP) is 0.710. The third-order valence-corrected chi connectivity index (χ3v) is 1.36. The molecule has 9 heavy (non-hydrogen) atoms. The SMILES string of the molecule is CC1=CN(C)C(O)C=C1. The monoisotopic (exact) mass is 125 g/mol. The van der Waals surface area contributed by atoms with Crippen molar-refractivity contribution in [3.63, 3.8) is 0 Å². The van der Waals surface area contributed by atoms with E-state index < -0.39 is 6.23 Å². The second-order valence-electron chi connectivity index (χ2n) is 2.31. The van der Waals surface area contributed by atoms with E-state index in [2.05, 4.69) is 0 Å². The molecule has 0 spiro atoms. The van der Waals surface area contributed by atoms with Gasteiger partial charge in [0.05, 0.1) is 0 Å². The van der Waals surface area contributed by atoms with Gasteiger partial charge in [0.2, 0.25) is 0 Å². The first-order valence-electron chi connectivity index (χ1n) is 2.97. The maximum absolute atomic E-state index is 9.09. The van der Waals surface area contributed by atoms with Crippen molar-refractivity contribution in [2.45, 2.75) is 13.2 Å². The summed E-state index contributed by atoms with van der Waals surface area (Å²) in [6, 6.07) is 0. The number of allylic oxidation sites excluding steroid dienone is 2. The molecule has 1 aliphatic rings. The molecule has 0 aromatic carbocycles. The Morgan fingerprint density at radius 2 is 2.33 bits per heavy atom. The van der Waals surface area contributed by atoms with Gasteiger partial charge in [-0.1, -0.05) is 6.08 Å². The number of rotatable bonds is 0. The Hall–Kier alpha value is -0.760. The van der Waals surface area contributed by atoms with Gasteiger partial charge in [0.25, 0.3) is 0 Å². The number of likely N-dealkylation sites (N-methyl/N-ethyl adjacent to an activating group) is 1. The molecule has 0 aromatic heterocycles. The van der Waals surface area contributed by atoms with Crippen molar-refractivity contribution in [1.29, 1.82) is 0 Å². The van der Waals surface area contributed by atoms with E-state index in [1.807, 2.05) is 26.2 Å². The zero-order chi connectivity index (χ0) is 6.85. The lowest BCUT2D eigenvalue weighted by atomic mass is 10.2. The summed E-state index contributed by atoms with van der Waals surface area (Å²) in [4.78, 5) is 1.76. The van der Waals surface area contributed by atoms with E-state index in [0.717, 1.165) is 0 Å². The molecule has 1 atom stereocenters. The first kappa shape index (κ1) is 6.36. The maximum atomic E-state index is 9.09. The fraction of sp³-hybridized carbons (Fsp3) is 0.429. The van der Waals surface area contributed by atoms with Crippen LogP contribution < -0.4 is 0 Å². The van der Waals surface area contributed by atoms with Crippen molar-refractivity contribution in [2.24, 2.45) is 0 Å². The van der Waals surface area contributed by atoms with Crippen LogP contribution in [0.25, 0.3) is 0 Å². The highest BCUT2D eigenvalue weighted by Gasteiger charge is 2.05. The largest absolute Gasteiger partial charge is 0.370 e. The van der Waals surface area contributed by atoms with Crippen molar-refractivity contribution in [3.05, 3.63) is 23.9 Å². The van der Waals surface area contributed by atoms with Gasteiger partial charge in [-0.3, -0.25) is 0 Å². The molecule has 1 N–H and O–H groups in total. The number of nitrogens with zero attached hydrogens (tertiary/aromatic N) is 1. The van der Waals surface area contributed by atoms with Gasteiger partial charge in [0, 0.05) is 13.2 Å². The van der Waals surface area contributed by atoms with E-state index >= 15 is 0 Å². The van der Waals surface area contributed by atoms with Crippen LogP contribution in [0.2, 0.25) is 0 Å². The van der Waals surface area contributed by atoms with Crippen molar-refractivity contribution in [2.75, 3.05) is 7.05 Å². The number of aliphatic hydroxyl groups excluding tert-OH is 1. The maximum Gasteiger partial charge on any atom is 0.145 e. The van der Waals surface area contributed by atoms with E-state index in [4.69, 9.17) is 5.11 Å². The second-order valence-corrected chi connectivity index (χ2v) is 2.31. The number of hydrogen-bond acceptors (Lipinski definition) is 2. The molecule has 0 bridgehead atoms. The van der Waals surface area contributed by atoms with Gasteiger partial charge >= 0.3 is 0 Å². The zero-order valence-electron chi connectivity index (χ0n) is 5.70. The van der Waals surface area contributed by atoms with Gasteiger partial charge in [0.1, 0.15) is 6.23 Å². The topological polar surface area (TPSA) is 23.5 Å². The quantitative estimate of drug-likeness (QED) is 0.515. The highest BCUT2D eigenvalue weighted by molar-refractivity contribution is 5.20. The molecule has 1 rings (SSSR count). The number of aliphatic hydroxyl groups is 1. The van der Waals surface area contributed by atoms with Crippen LogP contribution in [0, 0.1) is 0 Å². The zero-order valence-corrected chi connectivity index (χ0v) is 5.70. The van der Waals surface area contributed by atoms with E-state index in [1.54, 1.807) is 11.0 Å².